The normalized spacial score (nSPS) is 16.5. The van der Waals surface area contributed by atoms with Gasteiger partial charge in [0, 0.05) is 31.5 Å². The van der Waals surface area contributed by atoms with Crippen LogP contribution in [-0.2, 0) is 41.3 Å². The molecule has 2 N–H and O–H groups in total. The summed E-state index contributed by atoms with van der Waals surface area (Å²) in [6.45, 7) is 3.74. The van der Waals surface area contributed by atoms with Gasteiger partial charge in [0.05, 0.1) is 25.4 Å². The van der Waals surface area contributed by atoms with E-state index in [-0.39, 0.29) is 24.6 Å². The Hall–Kier alpha value is -4.37. The first-order chi connectivity index (χ1) is 19.7. The molecule has 3 aromatic heterocycles. The van der Waals surface area contributed by atoms with Crippen molar-refractivity contribution in [1.82, 2.24) is 40.3 Å². The van der Waals surface area contributed by atoms with Crippen molar-refractivity contribution >= 4 is 11.7 Å². The molecule has 216 valence electrons. The molecule has 0 spiro atoms. The minimum Gasteiger partial charge on any atom is -0.406 e. The summed E-state index contributed by atoms with van der Waals surface area (Å²) in [5, 5.41) is 22.4. The number of halogens is 3. The number of benzene rings is 1. The molecule has 1 unspecified atom stereocenters. The first-order valence-electron chi connectivity index (χ1n) is 12.9. The predicted octanol–water partition coefficient (Wildman–Crippen LogP) is 3.11. The molecule has 1 saturated heterocycles. The molecule has 4 aromatic rings. The third kappa shape index (κ3) is 8.08. The molecule has 1 amide bonds. The van der Waals surface area contributed by atoms with E-state index in [0.29, 0.717) is 36.8 Å². The number of hydrogen-bond donors (Lipinski definition) is 2. The lowest BCUT2D eigenvalue weighted by Gasteiger charge is -2.13. The van der Waals surface area contributed by atoms with Crippen LogP contribution in [0.5, 0.6) is 5.75 Å². The van der Waals surface area contributed by atoms with Crippen molar-refractivity contribution in [2.45, 2.75) is 57.9 Å². The van der Waals surface area contributed by atoms with E-state index in [0.717, 1.165) is 24.1 Å². The second-order valence-electron chi connectivity index (χ2n) is 9.64. The average Bonchev–Trinajstić information content (AvgIpc) is 3.32. The Kier molecular flexibility index (Phi) is 8.26. The molecule has 0 aliphatic carbocycles. The van der Waals surface area contributed by atoms with Crippen molar-refractivity contribution in [3.8, 4) is 5.75 Å². The number of aryl methyl sites for hydroxylation is 3. The number of carbonyl (C=O) groups is 1. The number of nitrogens with zero attached hydrogens (tertiary/aromatic N) is 7. The van der Waals surface area contributed by atoms with Crippen LogP contribution in [0, 0.1) is 6.92 Å². The Labute approximate surface area is 232 Å². The zero-order valence-electron chi connectivity index (χ0n) is 22.1. The number of rotatable bonds is 13. The topological polar surface area (TPSA) is 137 Å². The van der Waals surface area contributed by atoms with Crippen molar-refractivity contribution < 1.29 is 27.4 Å². The summed E-state index contributed by atoms with van der Waals surface area (Å²) in [5.74, 6) is -0.0883. The van der Waals surface area contributed by atoms with Crippen LogP contribution < -0.4 is 15.4 Å². The molecule has 0 saturated carbocycles. The number of anilines is 1. The maximum Gasteiger partial charge on any atom is 0.573 e. The SMILES string of the molecule is Cc1ccc(CC(=O)Nc2cn(CCCCn3cc(C4(NCc5cccc(OC(F)(F)F)c5)CO4)nn3)nn2)cn1. The molecule has 0 bridgehead atoms. The van der Waals surface area contributed by atoms with Gasteiger partial charge in [-0.15, -0.1) is 23.4 Å². The largest absolute Gasteiger partial charge is 0.573 e. The van der Waals surface area contributed by atoms with Gasteiger partial charge in [-0.2, -0.15) is 0 Å². The second kappa shape index (κ2) is 12.0. The van der Waals surface area contributed by atoms with Crippen LogP contribution in [0.15, 0.2) is 55.0 Å². The van der Waals surface area contributed by atoms with Crippen molar-refractivity contribution in [3.05, 3.63) is 77.5 Å². The van der Waals surface area contributed by atoms with Gasteiger partial charge in [0.2, 0.25) is 5.91 Å². The van der Waals surface area contributed by atoms with Gasteiger partial charge in [0.25, 0.3) is 0 Å². The summed E-state index contributed by atoms with van der Waals surface area (Å²) in [4.78, 5) is 16.4. The lowest BCUT2D eigenvalue weighted by Crippen LogP contribution is -2.30. The number of hydrogen-bond acceptors (Lipinski definition) is 9. The number of nitrogens with one attached hydrogen (secondary N) is 2. The number of unbranched alkanes of at least 4 members (excludes halogenated alkanes) is 1. The molecule has 0 radical (unpaired) electrons. The maximum atomic E-state index is 12.5. The number of ether oxygens (including phenoxy) is 2. The average molecular weight is 572 g/mol. The Morgan fingerprint density at radius 2 is 1.83 bits per heavy atom. The highest BCUT2D eigenvalue weighted by Gasteiger charge is 2.49. The molecule has 1 aromatic carbocycles. The van der Waals surface area contributed by atoms with Gasteiger partial charge in [0.15, 0.2) is 11.5 Å². The molecular weight excluding hydrogens is 543 g/mol. The summed E-state index contributed by atoms with van der Waals surface area (Å²) >= 11 is 0. The van der Waals surface area contributed by atoms with Crippen LogP contribution in [-0.4, -0.2) is 53.8 Å². The van der Waals surface area contributed by atoms with E-state index in [1.54, 1.807) is 34.0 Å². The third-order valence-corrected chi connectivity index (χ3v) is 6.26. The molecule has 1 aliphatic heterocycles. The molecule has 41 heavy (non-hydrogen) atoms. The predicted molar refractivity (Wildman–Crippen MR) is 138 cm³/mol. The fraction of sp³-hybridized carbons (Fsp3) is 0.385. The van der Waals surface area contributed by atoms with E-state index in [2.05, 4.69) is 41.0 Å². The lowest BCUT2D eigenvalue weighted by molar-refractivity contribution is -0.274. The number of alkyl halides is 3. The first-order valence-corrected chi connectivity index (χ1v) is 12.9. The zero-order valence-corrected chi connectivity index (χ0v) is 22.1. The van der Waals surface area contributed by atoms with E-state index >= 15 is 0 Å². The van der Waals surface area contributed by atoms with Crippen LogP contribution in [0.3, 0.4) is 0 Å². The van der Waals surface area contributed by atoms with Crippen LogP contribution in [0.2, 0.25) is 0 Å². The Bertz CT molecular complexity index is 1470. The molecule has 4 heterocycles. The van der Waals surface area contributed by atoms with Crippen LogP contribution >= 0.6 is 0 Å². The maximum absolute atomic E-state index is 12.5. The Morgan fingerprint density at radius 3 is 2.54 bits per heavy atom. The molecule has 12 nitrogen and oxygen atoms in total. The van der Waals surface area contributed by atoms with E-state index in [9.17, 15) is 18.0 Å². The number of epoxide rings is 1. The van der Waals surface area contributed by atoms with Gasteiger partial charge in [0.1, 0.15) is 11.4 Å². The fourth-order valence-corrected chi connectivity index (χ4v) is 4.09. The molecule has 5 rings (SSSR count). The van der Waals surface area contributed by atoms with E-state index in [1.807, 2.05) is 19.1 Å². The highest BCUT2D eigenvalue weighted by atomic mass is 19.4. The quantitative estimate of drug-likeness (QED) is 0.183. The van der Waals surface area contributed by atoms with Crippen molar-refractivity contribution in [1.29, 1.82) is 0 Å². The summed E-state index contributed by atoms with van der Waals surface area (Å²) in [7, 11) is 0. The third-order valence-electron chi connectivity index (χ3n) is 6.26. The summed E-state index contributed by atoms with van der Waals surface area (Å²) in [5.41, 5.74) is 2.08. The lowest BCUT2D eigenvalue weighted by atomic mass is 10.2. The van der Waals surface area contributed by atoms with Crippen LogP contribution in [0.4, 0.5) is 19.0 Å². The molecule has 1 aliphatic rings. The molecule has 1 atom stereocenters. The van der Waals surface area contributed by atoms with Gasteiger partial charge in [-0.3, -0.25) is 24.5 Å². The van der Waals surface area contributed by atoms with E-state index < -0.39 is 12.1 Å². The number of pyridine rings is 1. The van der Waals surface area contributed by atoms with Crippen LogP contribution in [0.1, 0.15) is 35.4 Å². The highest BCUT2D eigenvalue weighted by molar-refractivity contribution is 5.91. The van der Waals surface area contributed by atoms with Crippen molar-refractivity contribution in [2.75, 3.05) is 11.9 Å². The van der Waals surface area contributed by atoms with Gasteiger partial charge < -0.3 is 14.8 Å². The van der Waals surface area contributed by atoms with Gasteiger partial charge in [-0.05, 0) is 49.1 Å². The monoisotopic (exact) mass is 571 g/mol. The van der Waals surface area contributed by atoms with E-state index in [4.69, 9.17) is 4.74 Å². The Balaban J connectivity index is 1.04. The Morgan fingerprint density at radius 1 is 1.07 bits per heavy atom. The minimum atomic E-state index is -4.75. The first kappa shape index (κ1) is 28.2. The molecule has 15 heteroatoms. The molecular formula is C26H28F3N9O3. The summed E-state index contributed by atoms with van der Waals surface area (Å²) < 4.78 is 50.4. The van der Waals surface area contributed by atoms with Gasteiger partial charge >= 0.3 is 6.36 Å². The summed E-state index contributed by atoms with van der Waals surface area (Å²) in [6, 6.07) is 9.48. The smallest absolute Gasteiger partial charge is 0.406 e. The van der Waals surface area contributed by atoms with Gasteiger partial charge in [-0.25, -0.2) is 0 Å². The zero-order chi connectivity index (χ0) is 28.9. The second-order valence-corrected chi connectivity index (χ2v) is 9.64. The number of carbonyl (C=O) groups excluding carboxylic acids is 1. The summed E-state index contributed by atoms with van der Waals surface area (Å²) in [6.07, 6.45) is 2.18. The van der Waals surface area contributed by atoms with E-state index in [1.165, 1.54) is 18.2 Å². The van der Waals surface area contributed by atoms with Crippen LogP contribution in [0.25, 0.3) is 0 Å². The van der Waals surface area contributed by atoms with Gasteiger partial charge in [-0.1, -0.05) is 28.6 Å². The van der Waals surface area contributed by atoms with Crippen molar-refractivity contribution in [3.63, 3.8) is 0 Å². The standard InChI is InChI=1S/C26H28F3N9O3/c1-18-7-8-20(13-30-18)12-24(39)32-23-16-38(36-34-23)10-3-2-9-37-15-22(33-35-37)25(17-40-25)31-14-19-5-4-6-21(11-19)41-26(27,28)29/h4-8,11,13,15-16,31H,2-3,9-10,12,14,17H2,1H3,(H,32,39). The van der Waals surface area contributed by atoms with Crippen molar-refractivity contribution in [2.24, 2.45) is 0 Å². The fourth-order valence-electron chi connectivity index (χ4n) is 4.09. The molecule has 1 fully saturated rings. The minimum absolute atomic E-state index is 0.194. The highest BCUT2D eigenvalue weighted by Crippen LogP contribution is 2.35. The number of amides is 1. The number of aromatic nitrogens is 7.